The van der Waals surface area contributed by atoms with E-state index in [1.807, 2.05) is 0 Å². The van der Waals surface area contributed by atoms with Gasteiger partial charge < -0.3 is 20.4 Å². The van der Waals surface area contributed by atoms with Crippen LogP contribution in [0.5, 0.6) is 0 Å². The normalized spacial score (nSPS) is 11.5. The van der Waals surface area contributed by atoms with Gasteiger partial charge in [-0.3, -0.25) is 0 Å². The maximum Gasteiger partial charge on any atom is 0.503 e. The van der Waals surface area contributed by atoms with Crippen molar-refractivity contribution in [1.29, 1.82) is 10.5 Å². The fraction of sp³-hybridized carbons (Fsp3) is 0.714. The molecule has 2 unspecified atom stereocenters. The summed E-state index contributed by atoms with van der Waals surface area (Å²) in [5, 5.41) is 53.4. The number of hydrogen-bond donors (Lipinski definition) is 4. The van der Waals surface area contributed by atoms with E-state index in [1.165, 1.54) is 0 Å². The maximum absolute atomic E-state index is 8.79. The van der Waals surface area contributed by atoms with Crippen molar-refractivity contribution in [3.05, 3.63) is 0 Å². The monoisotopic (exact) mass is 344 g/mol. The number of carboxylic acid groups (broad SMARTS) is 4. The predicted molar refractivity (Wildman–Crippen MR) is 83.9 cm³/mol. The van der Waals surface area contributed by atoms with E-state index in [2.05, 4.69) is 36.2 Å². The summed E-state index contributed by atoms with van der Waals surface area (Å²) in [6, 6.07) is 4.42. The first-order valence-corrected chi connectivity index (χ1v) is 7.21. The molecular formula is C14H24N4O6. The molecular weight excluding hydrogens is 320 g/mol. The number of nitriles is 2. The van der Waals surface area contributed by atoms with Gasteiger partial charge in [-0.15, -0.1) is 0 Å². The van der Waals surface area contributed by atoms with Gasteiger partial charge in [0.25, 0.3) is 0 Å². The Morgan fingerprint density at radius 1 is 0.833 bits per heavy atom. The van der Waals surface area contributed by atoms with Gasteiger partial charge in [0, 0.05) is 0 Å². The molecule has 0 rings (SSSR count). The van der Waals surface area contributed by atoms with Crippen LogP contribution in [-0.2, 0) is 0 Å². The molecule has 2 atom stereocenters. The van der Waals surface area contributed by atoms with Crippen LogP contribution >= 0.6 is 0 Å². The van der Waals surface area contributed by atoms with Gasteiger partial charge in [-0.1, -0.05) is 26.7 Å². The lowest BCUT2D eigenvalue weighted by Crippen LogP contribution is -2.03. The molecule has 10 nitrogen and oxygen atoms in total. The highest BCUT2D eigenvalue weighted by molar-refractivity contribution is 5.53. The molecule has 0 saturated heterocycles. The molecule has 0 aromatic rings. The van der Waals surface area contributed by atoms with Crippen LogP contribution < -0.4 is 0 Å². The van der Waals surface area contributed by atoms with E-state index in [1.54, 1.807) is 0 Å². The molecule has 0 amide bonds. The van der Waals surface area contributed by atoms with Crippen molar-refractivity contribution in [3.8, 4) is 12.1 Å². The Hall–Kier alpha value is -2.88. The Bertz CT molecular complexity index is 394. The average Bonchev–Trinajstić information content (AvgIpc) is 2.48. The van der Waals surface area contributed by atoms with Crippen molar-refractivity contribution in [3.63, 3.8) is 0 Å². The average molecular weight is 344 g/mol. The Labute approximate surface area is 140 Å². The third-order valence-electron chi connectivity index (χ3n) is 2.34. The summed E-state index contributed by atoms with van der Waals surface area (Å²) < 4.78 is 0. The van der Waals surface area contributed by atoms with E-state index in [0.717, 1.165) is 25.7 Å². The SMILES string of the molecule is CCCC(C#N)CN=NCC(C#N)CCC.O=C(O)O.O=C(O)O. The molecule has 4 N–H and O–H groups in total. The molecule has 0 saturated carbocycles. The third kappa shape index (κ3) is 31.5. The van der Waals surface area contributed by atoms with Crippen LogP contribution in [0.25, 0.3) is 0 Å². The van der Waals surface area contributed by atoms with E-state index in [-0.39, 0.29) is 11.8 Å². The van der Waals surface area contributed by atoms with Gasteiger partial charge in [0.15, 0.2) is 0 Å². The van der Waals surface area contributed by atoms with Crippen LogP contribution in [0.1, 0.15) is 39.5 Å². The fourth-order valence-electron chi connectivity index (χ4n) is 1.40. The van der Waals surface area contributed by atoms with E-state index < -0.39 is 12.3 Å². The molecule has 0 bridgehead atoms. The third-order valence-corrected chi connectivity index (χ3v) is 2.34. The molecule has 0 aliphatic heterocycles. The Kier molecular flexibility index (Phi) is 21.8. The van der Waals surface area contributed by atoms with Crippen LogP contribution in [0.3, 0.4) is 0 Å². The lowest BCUT2D eigenvalue weighted by atomic mass is 10.1. The molecule has 0 aliphatic carbocycles. The predicted octanol–water partition coefficient (Wildman–Crippen LogP) is 3.76. The zero-order chi connectivity index (χ0) is 19.4. The van der Waals surface area contributed by atoms with Crippen molar-refractivity contribution >= 4 is 12.3 Å². The molecule has 0 aromatic heterocycles. The fourth-order valence-corrected chi connectivity index (χ4v) is 1.40. The summed E-state index contributed by atoms with van der Waals surface area (Å²) in [5.41, 5.74) is 0. The van der Waals surface area contributed by atoms with Gasteiger partial charge in [-0.25, -0.2) is 9.59 Å². The molecule has 0 fully saturated rings. The quantitative estimate of drug-likeness (QED) is 0.478. The van der Waals surface area contributed by atoms with Gasteiger partial charge in [-0.05, 0) is 12.8 Å². The van der Waals surface area contributed by atoms with Crippen LogP contribution in [0, 0.1) is 34.5 Å². The minimum Gasteiger partial charge on any atom is -0.450 e. The van der Waals surface area contributed by atoms with Crippen LogP contribution in [-0.4, -0.2) is 45.8 Å². The number of azo groups is 1. The topological polar surface area (TPSA) is 187 Å². The highest BCUT2D eigenvalue weighted by Gasteiger charge is 2.06. The Morgan fingerprint density at radius 2 is 1.08 bits per heavy atom. The van der Waals surface area contributed by atoms with Crippen molar-refractivity contribution in [2.45, 2.75) is 39.5 Å². The first kappa shape index (κ1) is 26.0. The van der Waals surface area contributed by atoms with Gasteiger partial charge in [0.05, 0.1) is 37.1 Å². The van der Waals surface area contributed by atoms with Crippen LogP contribution in [0.15, 0.2) is 10.2 Å². The largest absolute Gasteiger partial charge is 0.503 e. The molecule has 0 aromatic carbocycles. The van der Waals surface area contributed by atoms with Gasteiger partial charge in [-0.2, -0.15) is 20.8 Å². The number of carbonyl (C=O) groups is 2. The number of nitrogens with zero attached hydrogens (tertiary/aromatic N) is 4. The second-order valence-electron chi connectivity index (χ2n) is 4.44. The van der Waals surface area contributed by atoms with Crippen LogP contribution in [0.2, 0.25) is 0 Å². The Morgan fingerprint density at radius 3 is 1.25 bits per heavy atom. The maximum atomic E-state index is 8.79. The van der Waals surface area contributed by atoms with Gasteiger partial charge in [0.1, 0.15) is 0 Å². The van der Waals surface area contributed by atoms with Crippen molar-refractivity contribution in [2.24, 2.45) is 22.1 Å². The number of rotatable bonds is 8. The second kappa shape index (κ2) is 20.1. The summed E-state index contributed by atoms with van der Waals surface area (Å²) in [6.45, 7) is 5.03. The first-order valence-electron chi connectivity index (χ1n) is 7.21. The summed E-state index contributed by atoms with van der Waals surface area (Å²) in [5.74, 6) is -0.0547. The van der Waals surface area contributed by atoms with E-state index >= 15 is 0 Å². The highest BCUT2D eigenvalue weighted by Crippen LogP contribution is 2.07. The second-order valence-corrected chi connectivity index (χ2v) is 4.44. The van der Waals surface area contributed by atoms with Gasteiger partial charge in [0.2, 0.25) is 0 Å². The smallest absolute Gasteiger partial charge is 0.450 e. The first-order chi connectivity index (χ1) is 11.2. The van der Waals surface area contributed by atoms with Crippen molar-refractivity contribution in [2.75, 3.05) is 13.1 Å². The lowest BCUT2D eigenvalue weighted by Gasteiger charge is -2.03. The summed E-state index contributed by atoms with van der Waals surface area (Å²) in [4.78, 5) is 17.1. The lowest BCUT2D eigenvalue weighted by molar-refractivity contribution is 0.135. The molecule has 24 heavy (non-hydrogen) atoms. The van der Waals surface area contributed by atoms with Crippen molar-refractivity contribution in [1.82, 2.24) is 0 Å². The minimum absolute atomic E-state index is 0.0274. The molecule has 136 valence electrons. The highest BCUT2D eigenvalue weighted by atomic mass is 16.6. The standard InChI is InChI=1S/C12H20N4.2CH2O3/c1-3-5-11(7-13)9-15-16-10-12(8-14)6-4-2;2*2-1(3)4/h11-12H,3-6,9-10H2,1-2H3;2*(H2,2,3,4). The summed E-state index contributed by atoms with van der Waals surface area (Å²) in [7, 11) is 0. The summed E-state index contributed by atoms with van der Waals surface area (Å²) in [6.07, 6.45) is 0.0487. The van der Waals surface area contributed by atoms with Gasteiger partial charge >= 0.3 is 12.3 Å². The van der Waals surface area contributed by atoms with E-state index in [9.17, 15) is 0 Å². The van der Waals surface area contributed by atoms with E-state index in [0.29, 0.717) is 13.1 Å². The zero-order valence-corrected chi connectivity index (χ0v) is 13.8. The number of hydrogen-bond acceptors (Lipinski definition) is 6. The Balaban J connectivity index is -0.000000457. The van der Waals surface area contributed by atoms with Crippen LogP contribution in [0.4, 0.5) is 9.59 Å². The van der Waals surface area contributed by atoms with E-state index in [4.69, 9.17) is 40.5 Å². The molecule has 0 radical (unpaired) electrons. The zero-order valence-electron chi connectivity index (χ0n) is 13.8. The molecule has 0 aliphatic rings. The molecule has 0 spiro atoms. The molecule has 10 heteroatoms. The summed E-state index contributed by atoms with van der Waals surface area (Å²) >= 11 is 0. The minimum atomic E-state index is -1.83. The van der Waals surface area contributed by atoms with Crippen molar-refractivity contribution < 1.29 is 30.0 Å². The molecule has 0 heterocycles.